The maximum atomic E-state index is 6.37. The first-order valence-electron chi connectivity index (χ1n) is 8.28. The van der Waals surface area contributed by atoms with Crippen LogP contribution >= 0.6 is 23.2 Å². The van der Waals surface area contributed by atoms with Crippen molar-refractivity contribution in [2.75, 3.05) is 42.9 Å². The molecule has 1 saturated heterocycles. The molecule has 6 heteroatoms. The number of nitrogens with zero attached hydrogens (tertiary/aromatic N) is 3. The quantitative estimate of drug-likeness (QED) is 0.863. The molecule has 1 N–H and O–H groups in total. The van der Waals surface area contributed by atoms with Gasteiger partial charge < -0.3 is 10.2 Å². The molecule has 0 atom stereocenters. The molecule has 128 valence electrons. The Balaban J connectivity index is 1.65. The summed E-state index contributed by atoms with van der Waals surface area (Å²) in [7, 11) is 0. The van der Waals surface area contributed by atoms with Gasteiger partial charge in [-0.3, -0.25) is 4.90 Å². The number of hydrogen-bond donors (Lipinski definition) is 1. The molecule has 0 radical (unpaired) electrons. The monoisotopic (exact) mass is 364 g/mol. The minimum atomic E-state index is 0.563. The first-order chi connectivity index (χ1) is 11.7. The number of benzene rings is 1. The van der Waals surface area contributed by atoms with E-state index in [1.165, 1.54) is 5.56 Å². The van der Waals surface area contributed by atoms with Gasteiger partial charge in [0.25, 0.3) is 0 Å². The number of pyridine rings is 1. The SMILES string of the molecule is CCNc1nc(N2CCN(Cc3ccccc3)CC2)c(Cl)cc1Cl. The topological polar surface area (TPSA) is 31.4 Å². The Labute approximate surface area is 153 Å². The van der Waals surface area contributed by atoms with E-state index in [-0.39, 0.29) is 0 Å². The third kappa shape index (κ3) is 4.12. The van der Waals surface area contributed by atoms with Gasteiger partial charge in [0.1, 0.15) is 11.6 Å². The summed E-state index contributed by atoms with van der Waals surface area (Å²) in [4.78, 5) is 9.32. The third-order valence-electron chi connectivity index (χ3n) is 4.18. The maximum absolute atomic E-state index is 6.37. The van der Waals surface area contributed by atoms with Crippen molar-refractivity contribution in [2.24, 2.45) is 0 Å². The predicted octanol–water partition coefficient (Wildman–Crippen LogP) is 4.14. The Morgan fingerprint density at radius 3 is 2.42 bits per heavy atom. The molecule has 2 aromatic rings. The second kappa shape index (κ2) is 8.06. The smallest absolute Gasteiger partial charge is 0.150 e. The van der Waals surface area contributed by atoms with Crippen molar-refractivity contribution in [1.29, 1.82) is 0 Å². The molecular weight excluding hydrogens is 343 g/mol. The van der Waals surface area contributed by atoms with E-state index in [4.69, 9.17) is 23.2 Å². The lowest BCUT2D eigenvalue weighted by Gasteiger charge is -2.36. The molecule has 1 fully saturated rings. The van der Waals surface area contributed by atoms with Gasteiger partial charge in [-0.25, -0.2) is 4.98 Å². The Morgan fingerprint density at radius 2 is 1.75 bits per heavy atom. The van der Waals surface area contributed by atoms with Gasteiger partial charge in [-0.05, 0) is 18.6 Å². The molecular formula is C18H22Cl2N4. The van der Waals surface area contributed by atoms with Crippen LogP contribution in [0.2, 0.25) is 10.0 Å². The van der Waals surface area contributed by atoms with E-state index in [9.17, 15) is 0 Å². The van der Waals surface area contributed by atoms with E-state index >= 15 is 0 Å². The van der Waals surface area contributed by atoms with Crippen LogP contribution in [0.3, 0.4) is 0 Å². The molecule has 4 nitrogen and oxygen atoms in total. The molecule has 1 aromatic heterocycles. The lowest BCUT2D eigenvalue weighted by Crippen LogP contribution is -2.46. The minimum Gasteiger partial charge on any atom is -0.369 e. The molecule has 24 heavy (non-hydrogen) atoms. The van der Waals surface area contributed by atoms with Crippen LogP contribution in [0.5, 0.6) is 0 Å². The van der Waals surface area contributed by atoms with Crippen molar-refractivity contribution in [1.82, 2.24) is 9.88 Å². The summed E-state index contributed by atoms with van der Waals surface area (Å²) >= 11 is 12.6. The highest BCUT2D eigenvalue weighted by Gasteiger charge is 2.21. The van der Waals surface area contributed by atoms with Crippen molar-refractivity contribution in [2.45, 2.75) is 13.5 Å². The largest absolute Gasteiger partial charge is 0.369 e. The molecule has 0 unspecified atom stereocenters. The van der Waals surface area contributed by atoms with Crippen LogP contribution in [0.4, 0.5) is 11.6 Å². The lowest BCUT2D eigenvalue weighted by molar-refractivity contribution is 0.249. The predicted molar refractivity (Wildman–Crippen MR) is 102 cm³/mol. The minimum absolute atomic E-state index is 0.563. The second-order valence-electron chi connectivity index (χ2n) is 5.90. The van der Waals surface area contributed by atoms with Crippen molar-refractivity contribution >= 4 is 34.8 Å². The van der Waals surface area contributed by atoms with E-state index in [0.29, 0.717) is 15.9 Å². The summed E-state index contributed by atoms with van der Waals surface area (Å²) in [6.45, 7) is 7.59. The lowest BCUT2D eigenvalue weighted by atomic mass is 10.2. The highest BCUT2D eigenvalue weighted by Crippen LogP contribution is 2.32. The van der Waals surface area contributed by atoms with Crippen molar-refractivity contribution < 1.29 is 0 Å². The van der Waals surface area contributed by atoms with Crippen LogP contribution in [0, 0.1) is 0 Å². The van der Waals surface area contributed by atoms with Crippen LogP contribution < -0.4 is 10.2 Å². The van der Waals surface area contributed by atoms with E-state index in [2.05, 4.69) is 50.4 Å². The summed E-state index contributed by atoms with van der Waals surface area (Å²) in [6.07, 6.45) is 0. The van der Waals surface area contributed by atoms with Crippen LogP contribution in [-0.2, 0) is 6.54 Å². The van der Waals surface area contributed by atoms with Crippen molar-refractivity contribution in [3.05, 3.63) is 52.0 Å². The Kier molecular flexibility index (Phi) is 5.82. The Morgan fingerprint density at radius 1 is 1.04 bits per heavy atom. The Bertz CT molecular complexity index is 670. The number of rotatable bonds is 5. The van der Waals surface area contributed by atoms with Crippen LogP contribution in [0.1, 0.15) is 12.5 Å². The molecule has 0 saturated carbocycles. The fourth-order valence-electron chi connectivity index (χ4n) is 2.93. The van der Waals surface area contributed by atoms with Crippen molar-refractivity contribution in [3.8, 4) is 0 Å². The van der Waals surface area contributed by atoms with Gasteiger partial charge in [0.15, 0.2) is 0 Å². The number of hydrogen-bond acceptors (Lipinski definition) is 4. The highest BCUT2D eigenvalue weighted by atomic mass is 35.5. The average Bonchev–Trinajstić information content (AvgIpc) is 2.59. The van der Waals surface area contributed by atoms with E-state index in [1.54, 1.807) is 6.07 Å². The van der Waals surface area contributed by atoms with Gasteiger partial charge in [0.05, 0.1) is 10.0 Å². The summed E-state index contributed by atoms with van der Waals surface area (Å²) in [5.41, 5.74) is 1.35. The fraction of sp³-hybridized carbons (Fsp3) is 0.389. The number of piperazine rings is 1. The molecule has 1 aliphatic heterocycles. The molecule has 3 rings (SSSR count). The third-order valence-corrected chi connectivity index (χ3v) is 4.74. The standard InChI is InChI=1S/C18H22Cl2N4/c1-2-21-17-15(19)12-16(20)18(22-17)24-10-8-23(9-11-24)13-14-6-4-3-5-7-14/h3-7,12H,2,8-11,13H2,1H3,(H,21,22). The molecule has 1 aromatic carbocycles. The molecule has 1 aliphatic rings. The van der Waals surface area contributed by atoms with E-state index in [0.717, 1.165) is 45.1 Å². The maximum Gasteiger partial charge on any atom is 0.150 e. The van der Waals surface area contributed by atoms with Gasteiger partial charge in [-0.15, -0.1) is 0 Å². The zero-order valence-corrected chi connectivity index (χ0v) is 15.3. The summed E-state index contributed by atoms with van der Waals surface area (Å²) in [5, 5.41) is 4.36. The normalized spacial score (nSPS) is 15.5. The summed E-state index contributed by atoms with van der Waals surface area (Å²) in [5.74, 6) is 1.52. The first kappa shape index (κ1) is 17.3. The highest BCUT2D eigenvalue weighted by molar-refractivity contribution is 6.37. The summed E-state index contributed by atoms with van der Waals surface area (Å²) < 4.78 is 0. The van der Waals surface area contributed by atoms with E-state index < -0.39 is 0 Å². The van der Waals surface area contributed by atoms with Gasteiger partial charge >= 0.3 is 0 Å². The second-order valence-corrected chi connectivity index (χ2v) is 6.72. The van der Waals surface area contributed by atoms with Crippen molar-refractivity contribution in [3.63, 3.8) is 0 Å². The number of anilines is 2. The van der Waals surface area contributed by atoms with Crippen LogP contribution in [0.15, 0.2) is 36.4 Å². The zero-order valence-electron chi connectivity index (χ0n) is 13.8. The van der Waals surface area contributed by atoms with Gasteiger partial charge in [0.2, 0.25) is 0 Å². The van der Waals surface area contributed by atoms with Gasteiger partial charge in [-0.1, -0.05) is 53.5 Å². The van der Waals surface area contributed by atoms with Crippen LogP contribution in [0.25, 0.3) is 0 Å². The molecule has 2 heterocycles. The summed E-state index contributed by atoms with van der Waals surface area (Å²) in [6, 6.07) is 12.4. The zero-order chi connectivity index (χ0) is 16.9. The molecule has 0 aliphatic carbocycles. The fourth-order valence-corrected chi connectivity index (χ4v) is 3.47. The van der Waals surface area contributed by atoms with Crippen LogP contribution in [-0.4, -0.2) is 42.6 Å². The first-order valence-corrected chi connectivity index (χ1v) is 9.04. The van der Waals surface area contributed by atoms with Gasteiger partial charge in [0, 0.05) is 39.3 Å². The number of aromatic nitrogens is 1. The number of nitrogens with one attached hydrogen (secondary N) is 1. The molecule has 0 spiro atoms. The average molecular weight is 365 g/mol. The molecule has 0 amide bonds. The molecule has 0 bridgehead atoms. The number of halogens is 2. The van der Waals surface area contributed by atoms with E-state index in [1.807, 2.05) is 6.92 Å². The Hall–Kier alpha value is -1.49. The van der Waals surface area contributed by atoms with Gasteiger partial charge in [-0.2, -0.15) is 0 Å².